The summed E-state index contributed by atoms with van der Waals surface area (Å²) in [5.41, 5.74) is 3.11. The molecule has 15 nitrogen and oxygen atoms in total. The zero-order valence-electron chi connectivity index (χ0n) is 25.1. The standard InChI is InChI=1S/C31H36NO14.BrH/c1-40-18-3-2-13-6-17-15-8-20-19(41-12-42-20)7-14(15)4-5-32(17)9-16(13)28(18)45-31-27(39)25(37)29(22(11-34)44-31)46-30-26(38)24(36)23(35)21(10-33)43-30;/h2-3,6-9,21-27,29-31,33-39H,4-5,10-12H2,1H3;1H/q+1;/p-1/t21-,22-,23+,24+,25-,26-,27-,29-,30+,31?;/m1./s1. The van der Waals surface area contributed by atoms with Gasteiger partial charge in [-0.3, -0.25) is 0 Å². The monoisotopic (exact) mass is 725 g/mol. The maximum absolute atomic E-state index is 11.1. The van der Waals surface area contributed by atoms with Crippen LogP contribution in [0.15, 0.2) is 36.5 Å². The van der Waals surface area contributed by atoms with Gasteiger partial charge in [0.1, 0.15) is 48.8 Å². The van der Waals surface area contributed by atoms with E-state index in [1.165, 1.54) is 7.11 Å². The van der Waals surface area contributed by atoms with E-state index in [4.69, 9.17) is 33.2 Å². The van der Waals surface area contributed by atoms with Gasteiger partial charge in [-0.05, 0) is 35.2 Å². The minimum Gasteiger partial charge on any atom is -1.00 e. The average molecular weight is 727 g/mol. The third-order valence-corrected chi connectivity index (χ3v) is 8.99. The van der Waals surface area contributed by atoms with Crippen LogP contribution in [-0.4, -0.2) is 124 Å². The van der Waals surface area contributed by atoms with Crippen LogP contribution in [0.3, 0.4) is 0 Å². The first kappa shape index (κ1) is 34.0. The molecule has 3 aromatic rings. The van der Waals surface area contributed by atoms with E-state index < -0.39 is 74.6 Å². The highest BCUT2D eigenvalue weighted by Crippen LogP contribution is 2.42. The highest BCUT2D eigenvalue weighted by atomic mass is 79.9. The molecule has 0 aliphatic carbocycles. The average Bonchev–Trinajstić information content (AvgIpc) is 3.53. The van der Waals surface area contributed by atoms with Crippen molar-refractivity contribution in [3.8, 4) is 34.3 Å². The Balaban J connectivity index is 0.00000386. The molecular formula is C31H36BrNO14. The van der Waals surface area contributed by atoms with Gasteiger partial charge < -0.3 is 85.9 Å². The lowest BCUT2D eigenvalue weighted by atomic mass is 9.95. The SMILES string of the molecule is COc1ccc2cc3[n+](cc2c1OC1O[C@H](CO)[C@@H](O[C@@H]2O[C@H](CO)[C@H](O)[C@H](O)[C@H]2O)[C@H](O)[C@H]1O)CCc1cc2c(cc1-3)OCO2.[Br-]. The van der Waals surface area contributed by atoms with E-state index in [-0.39, 0.29) is 29.5 Å². The summed E-state index contributed by atoms with van der Waals surface area (Å²) in [6.07, 6.45) is -13.1. The maximum Gasteiger partial charge on any atom is 0.231 e. The number of nitrogens with zero attached hydrogens (tertiary/aromatic N) is 1. The van der Waals surface area contributed by atoms with Crippen molar-refractivity contribution in [1.29, 1.82) is 0 Å². The van der Waals surface area contributed by atoms with Gasteiger partial charge in [0, 0.05) is 12.5 Å². The fourth-order valence-corrected chi connectivity index (χ4v) is 6.45. The molecule has 4 aliphatic heterocycles. The van der Waals surface area contributed by atoms with Crippen LogP contribution < -0.4 is 40.5 Å². The molecule has 2 saturated heterocycles. The Morgan fingerprint density at radius 2 is 1.53 bits per heavy atom. The van der Waals surface area contributed by atoms with Gasteiger partial charge in [-0.1, -0.05) is 0 Å². The van der Waals surface area contributed by atoms with Gasteiger partial charge >= 0.3 is 0 Å². The quantitative estimate of drug-likeness (QED) is 0.114. The van der Waals surface area contributed by atoms with Crippen LogP contribution in [0.4, 0.5) is 0 Å². The van der Waals surface area contributed by atoms with E-state index in [2.05, 4.69) is 4.57 Å². The number of ether oxygens (including phenoxy) is 7. The number of rotatable bonds is 7. The van der Waals surface area contributed by atoms with E-state index in [1.807, 2.05) is 30.5 Å². The molecule has 0 amide bonds. The number of aryl methyl sites for hydroxylation is 2. The third kappa shape index (κ3) is 5.91. The molecule has 16 heteroatoms. The molecule has 0 saturated carbocycles. The van der Waals surface area contributed by atoms with Crippen molar-refractivity contribution in [3.05, 3.63) is 42.1 Å². The maximum atomic E-state index is 11.1. The van der Waals surface area contributed by atoms with Gasteiger partial charge in [0.2, 0.25) is 18.8 Å². The van der Waals surface area contributed by atoms with E-state index in [0.717, 1.165) is 34.4 Å². The molecular weight excluding hydrogens is 690 g/mol. The molecule has 2 fully saturated rings. The molecule has 4 aliphatic rings. The molecule has 7 rings (SSSR count). The number of aliphatic hydroxyl groups excluding tert-OH is 7. The van der Waals surface area contributed by atoms with Crippen molar-refractivity contribution in [2.24, 2.45) is 0 Å². The van der Waals surface area contributed by atoms with E-state index in [0.29, 0.717) is 23.4 Å². The Labute approximate surface area is 278 Å². The number of hydrogen-bond acceptors (Lipinski definition) is 14. The number of fused-ring (bicyclic) bond motifs is 5. The van der Waals surface area contributed by atoms with Crippen molar-refractivity contribution in [2.45, 2.75) is 74.4 Å². The zero-order valence-corrected chi connectivity index (χ0v) is 26.7. The molecule has 0 bridgehead atoms. The summed E-state index contributed by atoms with van der Waals surface area (Å²) in [6.45, 7) is -0.542. The molecule has 1 unspecified atom stereocenters. The molecule has 2 aromatic carbocycles. The Morgan fingerprint density at radius 3 is 2.26 bits per heavy atom. The number of hydrogen-bond donors (Lipinski definition) is 7. The predicted octanol–water partition coefficient (Wildman–Crippen LogP) is -4.91. The van der Waals surface area contributed by atoms with Gasteiger partial charge in [-0.2, -0.15) is 4.57 Å². The molecule has 0 radical (unpaired) electrons. The summed E-state index contributed by atoms with van der Waals surface area (Å²) in [4.78, 5) is 0. The number of pyridine rings is 1. The first-order valence-corrected chi connectivity index (χ1v) is 14.9. The highest BCUT2D eigenvalue weighted by Gasteiger charge is 2.51. The topological polar surface area (TPSA) is 210 Å². The van der Waals surface area contributed by atoms with Gasteiger partial charge in [-0.25, -0.2) is 0 Å². The summed E-state index contributed by atoms with van der Waals surface area (Å²) in [5, 5.41) is 73.9. The van der Waals surface area contributed by atoms with Crippen LogP contribution in [0.2, 0.25) is 0 Å². The lowest BCUT2D eigenvalue weighted by Crippen LogP contribution is -3.00. The summed E-state index contributed by atoms with van der Waals surface area (Å²) in [5.74, 6) is 1.97. The third-order valence-electron chi connectivity index (χ3n) is 8.99. The van der Waals surface area contributed by atoms with Crippen LogP contribution in [-0.2, 0) is 27.2 Å². The Hall–Kier alpha value is -2.87. The normalized spacial score (nSPS) is 32.7. The van der Waals surface area contributed by atoms with Crippen LogP contribution >= 0.6 is 0 Å². The van der Waals surface area contributed by atoms with Crippen molar-refractivity contribution in [2.75, 3.05) is 27.1 Å². The molecule has 5 heterocycles. The Bertz CT molecular complexity index is 1610. The molecule has 7 N–H and O–H groups in total. The van der Waals surface area contributed by atoms with Gasteiger partial charge in [0.25, 0.3) is 0 Å². The second kappa shape index (κ2) is 13.6. The number of methoxy groups -OCH3 is 1. The van der Waals surface area contributed by atoms with E-state index in [1.54, 1.807) is 6.07 Å². The first-order chi connectivity index (χ1) is 22.2. The Morgan fingerprint density at radius 1 is 0.830 bits per heavy atom. The van der Waals surface area contributed by atoms with Gasteiger partial charge in [-0.15, -0.1) is 0 Å². The molecule has 0 spiro atoms. The van der Waals surface area contributed by atoms with Crippen molar-refractivity contribution < 1.29 is 90.5 Å². The first-order valence-electron chi connectivity index (χ1n) is 14.9. The minimum atomic E-state index is -1.77. The van der Waals surface area contributed by atoms with Gasteiger partial charge in [0.05, 0.1) is 31.3 Å². The number of aromatic nitrogens is 1. The molecule has 256 valence electrons. The van der Waals surface area contributed by atoms with Gasteiger partial charge in [0.15, 0.2) is 42.0 Å². The molecule has 47 heavy (non-hydrogen) atoms. The lowest BCUT2D eigenvalue weighted by molar-refractivity contribution is -0.686. The van der Waals surface area contributed by atoms with Crippen LogP contribution in [0.5, 0.6) is 23.0 Å². The Kier molecular flexibility index (Phi) is 9.81. The molecule has 10 atom stereocenters. The fraction of sp³-hybridized carbons (Fsp3) is 0.516. The summed E-state index contributed by atoms with van der Waals surface area (Å²) in [6, 6.07) is 9.57. The lowest BCUT2D eigenvalue weighted by Gasteiger charge is -2.45. The van der Waals surface area contributed by atoms with Crippen molar-refractivity contribution in [3.63, 3.8) is 0 Å². The fourth-order valence-electron chi connectivity index (χ4n) is 6.45. The second-order valence-corrected chi connectivity index (χ2v) is 11.7. The van der Waals surface area contributed by atoms with E-state index >= 15 is 0 Å². The highest BCUT2D eigenvalue weighted by molar-refractivity contribution is 5.91. The molecule has 1 aromatic heterocycles. The summed E-state index contributed by atoms with van der Waals surface area (Å²) >= 11 is 0. The van der Waals surface area contributed by atoms with Crippen LogP contribution in [0.25, 0.3) is 22.0 Å². The van der Waals surface area contributed by atoms with Crippen molar-refractivity contribution >= 4 is 10.8 Å². The van der Waals surface area contributed by atoms with Crippen LogP contribution in [0.1, 0.15) is 5.56 Å². The van der Waals surface area contributed by atoms with Crippen LogP contribution in [0, 0.1) is 0 Å². The largest absolute Gasteiger partial charge is 1.00 e. The van der Waals surface area contributed by atoms with E-state index in [9.17, 15) is 35.7 Å². The summed E-state index contributed by atoms with van der Waals surface area (Å²) in [7, 11) is 1.46. The zero-order chi connectivity index (χ0) is 32.3. The van der Waals surface area contributed by atoms with Crippen molar-refractivity contribution in [1.82, 2.24) is 0 Å². The predicted molar refractivity (Wildman–Crippen MR) is 153 cm³/mol. The second-order valence-electron chi connectivity index (χ2n) is 11.7. The number of aliphatic hydroxyl groups is 7. The summed E-state index contributed by atoms with van der Waals surface area (Å²) < 4.78 is 41.9. The number of halogens is 1. The smallest absolute Gasteiger partial charge is 0.231 e. The minimum absolute atomic E-state index is 0. The number of benzene rings is 2.